The zero-order valence-electron chi connectivity index (χ0n) is 15.4. The van der Waals surface area contributed by atoms with Crippen LogP contribution in [0, 0.1) is 0 Å². The summed E-state index contributed by atoms with van der Waals surface area (Å²) in [6.45, 7) is 1.18. The molecular formula is C18H36N2O3S. The molecule has 0 rings (SSSR count). The van der Waals surface area contributed by atoms with Crippen molar-refractivity contribution in [3.8, 4) is 0 Å². The maximum Gasteiger partial charge on any atom is 0.326 e. The third-order valence-corrected chi connectivity index (χ3v) is 4.32. The number of carboxylic acid groups (broad SMARTS) is 1. The van der Waals surface area contributed by atoms with Gasteiger partial charge in [0.15, 0.2) is 0 Å². The summed E-state index contributed by atoms with van der Waals surface area (Å²) in [4.78, 5) is 24.9. The van der Waals surface area contributed by atoms with Crippen molar-refractivity contribution < 1.29 is 14.7 Å². The van der Waals surface area contributed by atoms with Gasteiger partial charge in [-0.25, -0.2) is 4.79 Å². The Morgan fingerprint density at radius 1 is 0.958 bits per heavy atom. The summed E-state index contributed by atoms with van der Waals surface area (Å²) in [6, 6.07) is -0.803. The predicted octanol–water partition coefficient (Wildman–Crippen LogP) is 3.34. The van der Waals surface area contributed by atoms with Gasteiger partial charge in [0.1, 0.15) is 6.04 Å². The van der Waals surface area contributed by atoms with E-state index in [4.69, 9.17) is 5.11 Å². The maximum absolute atomic E-state index is 11.7. The summed E-state index contributed by atoms with van der Waals surface area (Å²) in [5, 5.41) is 11.5. The second kappa shape index (κ2) is 15.8. The first kappa shape index (κ1) is 23.2. The normalized spacial score (nSPS) is 12.3. The zero-order chi connectivity index (χ0) is 18.2. The third-order valence-electron chi connectivity index (χ3n) is 4.06. The Labute approximate surface area is 153 Å². The van der Waals surface area contributed by atoms with E-state index >= 15 is 0 Å². The number of carbonyl (C=O) groups is 2. The molecule has 0 saturated heterocycles. The quantitative estimate of drug-likeness (QED) is 0.292. The number of nitrogens with one attached hydrogen (secondary N) is 1. The molecule has 0 aliphatic rings. The summed E-state index contributed by atoms with van der Waals surface area (Å²) in [5.74, 6) is -0.695. The average Bonchev–Trinajstić information content (AvgIpc) is 2.51. The van der Waals surface area contributed by atoms with Gasteiger partial charge in [-0.2, -0.15) is 12.6 Å². The molecular weight excluding hydrogens is 324 g/mol. The summed E-state index contributed by atoms with van der Waals surface area (Å²) < 4.78 is 0. The highest BCUT2D eigenvalue weighted by Gasteiger charge is 2.18. The second-order valence-electron chi connectivity index (χ2n) is 6.71. The van der Waals surface area contributed by atoms with E-state index in [9.17, 15) is 9.59 Å². The zero-order valence-corrected chi connectivity index (χ0v) is 16.3. The molecule has 2 N–H and O–H groups in total. The summed E-state index contributed by atoms with van der Waals surface area (Å²) in [5.41, 5.74) is 0. The Kier molecular flexibility index (Phi) is 15.3. The van der Waals surface area contributed by atoms with E-state index in [1.807, 2.05) is 0 Å². The van der Waals surface area contributed by atoms with E-state index in [0.29, 0.717) is 18.6 Å². The van der Waals surface area contributed by atoms with Crippen LogP contribution in [0.2, 0.25) is 0 Å². The van der Waals surface area contributed by atoms with E-state index in [0.717, 1.165) is 19.3 Å². The van der Waals surface area contributed by atoms with Crippen molar-refractivity contribution in [1.29, 1.82) is 0 Å². The van der Waals surface area contributed by atoms with Gasteiger partial charge in [-0.15, -0.1) is 0 Å². The predicted molar refractivity (Wildman–Crippen MR) is 103 cm³/mol. The number of hydrogen-bond acceptors (Lipinski definition) is 4. The molecule has 0 aromatic heterocycles. The fourth-order valence-electron chi connectivity index (χ4n) is 2.60. The first-order valence-electron chi connectivity index (χ1n) is 9.25. The van der Waals surface area contributed by atoms with Crippen LogP contribution < -0.4 is 5.32 Å². The molecule has 0 aliphatic heterocycles. The SMILES string of the molecule is CN(C)CCCCCCCCCCCC(=O)NC(CCS)C(=O)O. The number of thiol groups is 1. The lowest BCUT2D eigenvalue weighted by molar-refractivity contribution is -0.141. The molecule has 24 heavy (non-hydrogen) atoms. The van der Waals surface area contributed by atoms with E-state index < -0.39 is 12.0 Å². The highest BCUT2D eigenvalue weighted by molar-refractivity contribution is 7.80. The van der Waals surface area contributed by atoms with E-state index in [1.165, 1.54) is 45.1 Å². The van der Waals surface area contributed by atoms with Gasteiger partial charge in [-0.05, 0) is 45.7 Å². The van der Waals surface area contributed by atoms with Crippen LogP contribution >= 0.6 is 12.6 Å². The second-order valence-corrected chi connectivity index (χ2v) is 7.15. The van der Waals surface area contributed by atoms with Gasteiger partial charge < -0.3 is 15.3 Å². The molecule has 5 nitrogen and oxygen atoms in total. The standard InChI is InChI=1S/C18H36N2O3S/c1-20(2)14-11-9-7-5-3-4-6-8-10-12-17(21)19-16(13-15-24)18(22)23/h16,24H,3-15H2,1-2H3,(H,19,21)(H,22,23). The van der Waals surface area contributed by atoms with E-state index in [-0.39, 0.29) is 5.91 Å². The van der Waals surface area contributed by atoms with Gasteiger partial charge in [0.25, 0.3) is 0 Å². The molecule has 0 saturated carbocycles. The lowest BCUT2D eigenvalue weighted by atomic mass is 10.1. The van der Waals surface area contributed by atoms with E-state index in [1.54, 1.807) is 0 Å². The Hall–Kier alpha value is -0.750. The minimum Gasteiger partial charge on any atom is -0.480 e. The molecule has 0 aromatic rings. The summed E-state index contributed by atoms with van der Waals surface area (Å²) in [6.07, 6.45) is 11.5. The van der Waals surface area contributed by atoms with Crippen LogP contribution in [-0.2, 0) is 9.59 Å². The van der Waals surface area contributed by atoms with Gasteiger partial charge >= 0.3 is 5.97 Å². The van der Waals surface area contributed by atoms with Crippen LogP contribution in [0.25, 0.3) is 0 Å². The van der Waals surface area contributed by atoms with Crippen molar-refractivity contribution in [1.82, 2.24) is 10.2 Å². The molecule has 0 radical (unpaired) electrons. The van der Waals surface area contributed by atoms with Gasteiger partial charge in [0.05, 0.1) is 0 Å². The van der Waals surface area contributed by atoms with Gasteiger partial charge in [-0.3, -0.25) is 4.79 Å². The molecule has 1 unspecified atom stereocenters. The monoisotopic (exact) mass is 360 g/mol. The molecule has 0 heterocycles. The number of unbranched alkanes of at least 4 members (excludes halogenated alkanes) is 8. The van der Waals surface area contributed by atoms with Crippen molar-refractivity contribution in [3.63, 3.8) is 0 Å². The molecule has 6 heteroatoms. The topological polar surface area (TPSA) is 69.6 Å². The summed E-state index contributed by atoms with van der Waals surface area (Å²) in [7, 11) is 4.23. The van der Waals surface area contributed by atoms with Crippen LogP contribution in [0.1, 0.15) is 70.6 Å². The maximum atomic E-state index is 11.7. The molecule has 0 aromatic carbocycles. The average molecular weight is 361 g/mol. The molecule has 142 valence electrons. The first-order valence-corrected chi connectivity index (χ1v) is 9.88. The number of amides is 1. The number of carbonyl (C=O) groups excluding carboxylic acids is 1. The van der Waals surface area contributed by atoms with Gasteiger partial charge in [0, 0.05) is 6.42 Å². The van der Waals surface area contributed by atoms with Crippen molar-refractivity contribution in [2.24, 2.45) is 0 Å². The number of hydrogen-bond donors (Lipinski definition) is 3. The highest BCUT2D eigenvalue weighted by Crippen LogP contribution is 2.11. The number of carboxylic acids is 1. The van der Waals surface area contributed by atoms with Crippen LogP contribution in [0.3, 0.4) is 0 Å². The van der Waals surface area contributed by atoms with Crippen LogP contribution in [0.5, 0.6) is 0 Å². The van der Waals surface area contributed by atoms with Crippen LogP contribution in [-0.4, -0.2) is 54.3 Å². The fraction of sp³-hybridized carbons (Fsp3) is 0.889. The summed E-state index contributed by atoms with van der Waals surface area (Å²) >= 11 is 4.01. The molecule has 1 atom stereocenters. The molecule has 0 bridgehead atoms. The van der Waals surface area contributed by atoms with Crippen LogP contribution in [0.15, 0.2) is 0 Å². The molecule has 1 amide bonds. The minimum absolute atomic E-state index is 0.162. The third kappa shape index (κ3) is 14.8. The fourth-order valence-corrected chi connectivity index (χ4v) is 2.86. The Balaban J connectivity index is 3.43. The first-order chi connectivity index (χ1) is 11.5. The van der Waals surface area contributed by atoms with Crippen molar-refractivity contribution in [2.75, 3.05) is 26.4 Å². The Bertz CT molecular complexity index is 338. The number of aliphatic carboxylic acids is 1. The lowest BCUT2D eigenvalue weighted by Gasteiger charge is -2.13. The molecule has 0 fully saturated rings. The smallest absolute Gasteiger partial charge is 0.326 e. The highest BCUT2D eigenvalue weighted by atomic mass is 32.1. The van der Waals surface area contributed by atoms with Crippen molar-refractivity contribution in [2.45, 2.75) is 76.7 Å². The van der Waals surface area contributed by atoms with Crippen molar-refractivity contribution >= 4 is 24.5 Å². The van der Waals surface area contributed by atoms with Gasteiger partial charge in [0.2, 0.25) is 5.91 Å². The largest absolute Gasteiger partial charge is 0.480 e. The Morgan fingerprint density at radius 3 is 1.92 bits per heavy atom. The van der Waals surface area contributed by atoms with Crippen LogP contribution in [0.4, 0.5) is 0 Å². The Morgan fingerprint density at radius 2 is 1.46 bits per heavy atom. The minimum atomic E-state index is -0.983. The van der Waals surface area contributed by atoms with Gasteiger partial charge in [-0.1, -0.05) is 44.9 Å². The lowest BCUT2D eigenvalue weighted by Crippen LogP contribution is -2.40. The molecule has 0 aliphatic carbocycles. The number of nitrogens with zero attached hydrogens (tertiary/aromatic N) is 1. The van der Waals surface area contributed by atoms with Crippen molar-refractivity contribution in [3.05, 3.63) is 0 Å². The van der Waals surface area contributed by atoms with E-state index in [2.05, 4.69) is 36.9 Å². The number of rotatable bonds is 16. The molecule has 0 spiro atoms.